The lowest BCUT2D eigenvalue weighted by molar-refractivity contribution is -0.119. The van der Waals surface area contributed by atoms with Crippen LogP contribution >= 0.6 is 0 Å². The fourth-order valence-corrected chi connectivity index (χ4v) is 0.504. The van der Waals surface area contributed by atoms with E-state index in [1.807, 2.05) is 0 Å². The van der Waals surface area contributed by atoms with Gasteiger partial charge in [0.1, 0.15) is 6.73 Å². The average molecular weight is 172 g/mol. The lowest BCUT2D eigenvalue weighted by Gasteiger charge is -2.08. The first kappa shape index (κ1) is 10.6. The van der Waals surface area contributed by atoms with Gasteiger partial charge >= 0.3 is 0 Å². The summed E-state index contributed by atoms with van der Waals surface area (Å²) < 4.78 is 4.67. The molecular formula is C7H12N2O3. The second-order valence-corrected chi connectivity index (χ2v) is 1.97. The van der Waals surface area contributed by atoms with E-state index in [9.17, 15) is 9.59 Å². The highest BCUT2D eigenvalue weighted by Gasteiger charge is 1.94. The van der Waals surface area contributed by atoms with Crippen molar-refractivity contribution >= 4 is 12.3 Å². The summed E-state index contributed by atoms with van der Waals surface area (Å²) in [5.74, 6) is -0.266. The van der Waals surface area contributed by atoms with Gasteiger partial charge in [0.15, 0.2) is 0 Å². The number of carbonyl (C=O) groups excluding carboxylic acids is 2. The third kappa shape index (κ3) is 4.45. The largest absolute Gasteiger partial charge is 0.364 e. The Morgan fingerprint density at radius 1 is 1.67 bits per heavy atom. The van der Waals surface area contributed by atoms with E-state index < -0.39 is 0 Å². The molecule has 0 radical (unpaired) electrons. The molecule has 0 atom stereocenters. The van der Waals surface area contributed by atoms with Crippen LogP contribution in [-0.4, -0.2) is 38.1 Å². The molecule has 68 valence electrons. The number of hydrogen-bond acceptors (Lipinski definition) is 3. The quantitative estimate of drug-likeness (QED) is 0.339. The minimum atomic E-state index is -0.266. The molecule has 0 aromatic heterocycles. The van der Waals surface area contributed by atoms with Crippen molar-refractivity contribution in [2.24, 2.45) is 0 Å². The van der Waals surface area contributed by atoms with E-state index >= 15 is 0 Å². The predicted molar refractivity (Wildman–Crippen MR) is 43.0 cm³/mol. The van der Waals surface area contributed by atoms with Crippen molar-refractivity contribution in [1.82, 2.24) is 10.2 Å². The van der Waals surface area contributed by atoms with Gasteiger partial charge in [-0.2, -0.15) is 0 Å². The summed E-state index contributed by atoms with van der Waals surface area (Å²) in [5, 5.41) is 2.38. The van der Waals surface area contributed by atoms with E-state index in [1.165, 1.54) is 31.3 Å². The Balaban J connectivity index is 3.91. The molecule has 5 nitrogen and oxygen atoms in total. The van der Waals surface area contributed by atoms with E-state index in [2.05, 4.69) is 10.1 Å². The molecule has 1 N–H and O–H groups in total. The third-order valence-electron chi connectivity index (χ3n) is 1.08. The molecule has 0 aromatic rings. The fraction of sp³-hybridized carbons (Fsp3) is 0.429. The van der Waals surface area contributed by atoms with Gasteiger partial charge in [0.05, 0.1) is 0 Å². The molecule has 2 amide bonds. The van der Waals surface area contributed by atoms with Crippen molar-refractivity contribution in [1.29, 1.82) is 0 Å². The zero-order chi connectivity index (χ0) is 9.40. The van der Waals surface area contributed by atoms with Crippen molar-refractivity contribution < 1.29 is 14.3 Å². The van der Waals surface area contributed by atoms with Gasteiger partial charge in [0.25, 0.3) is 0 Å². The van der Waals surface area contributed by atoms with Crippen LogP contribution in [0.1, 0.15) is 0 Å². The van der Waals surface area contributed by atoms with E-state index in [0.717, 1.165) is 0 Å². The van der Waals surface area contributed by atoms with Gasteiger partial charge in [-0.3, -0.25) is 14.5 Å². The molecule has 0 aliphatic rings. The lowest BCUT2D eigenvalue weighted by Crippen LogP contribution is -2.20. The highest BCUT2D eigenvalue weighted by atomic mass is 16.5. The zero-order valence-corrected chi connectivity index (χ0v) is 7.11. The molecule has 0 bridgehead atoms. The minimum absolute atomic E-state index is 0.136. The van der Waals surface area contributed by atoms with Crippen molar-refractivity contribution in [3.8, 4) is 0 Å². The Bertz CT molecular complexity index is 179. The fourth-order valence-electron chi connectivity index (χ4n) is 0.504. The molecule has 12 heavy (non-hydrogen) atoms. The van der Waals surface area contributed by atoms with Gasteiger partial charge in [0, 0.05) is 26.4 Å². The molecule has 0 fully saturated rings. The second-order valence-electron chi connectivity index (χ2n) is 1.97. The summed E-state index contributed by atoms with van der Waals surface area (Å²) >= 11 is 0. The number of methoxy groups -OCH3 is 1. The van der Waals surface area contributed by atoms with Crippen LogP contribution in [0.5, 0.6) is 0 Å². The van der Waals surface area contributed by atoms with Gasteiger partial charge < -0.3 is 10.1 Å². The van der Waals surface area contributed by atoms with E-state index in [0.29, 0.717) is 6.41 Å². The first-order chi connectivity index (χ1) is 5.74. The highest BCUT2D eigenvalue weighted by molar-refractivity contribution is 5.87. The average Bonchev–Trinajstić information content (AvgIpc) is 2.11. The molecule has 0 saturated heterocycles. The van der Waals surface area contributed by atoms with Crippen molar-refractivity contribution in [3.05, 3.63) is 12.3 Å². The SMILES string of the molecule is CNC(=O)/C=C\N(C=O)COC. The number of nitrogens with zero attached hydrogens (tertiary/aromatic N) is 1. The number of nitrogens with one attached hydrogen (secondary N) is 1. The maximum absolute atomic E-state index is 10.7. The summed E-state index contributed by atoms with van der Waals surface area (Å²) in [6.45, 7) is 0.136. The van der Waals surface area contributed by atoms with Gasteiger partial charge in [-0.1, -0.05) is 0 Å². The third-order valence-corrected chi connectivity index (χ3v) is 1.08. The van der Waals surface area contributed by atoms with E-state index in [-0.39, 0.29) is 12.6 Å². The second kappa shape index (κ2) is 6.36. The summed E-state index contributed by atoms with van der Waals surface area (Å²) in [6.07, 6.45) is 3.16. The maximum atomic E-state index is 10.7. The summed E-state index contributed by atoms with van der Waals surface area (Å²) in [5.41, 5.74) is 0. The van der Waals surface area contributed by atoms with E-state index in [1.54, 1.807) is 0 Å². The number of likely N-dealkylation sites (N-methyl/N-ethyl adjacent to an activating group) is 1. The number of hydrogen-bond donors (Lipinski definition) is 1. The molecule has 5 heteroatoms. The molecule has 0 unspecified atom stereocenters. The molecule has 0 rings (SSSR count). The Hall–Kier alpha value is -1.36. The monoisotopic (exact) mass is 172 g/mol. The number of carbonyl (C=O) groups is 2. The van der Waals surface area contributed by atoms with Gasteiger partial charge in [0.2, 0.25) is 12.3 Å². The molecule has 0 saturated carbocycles. The Labute approximate surface area is 71.0 Å². The van der Waals surface area contributed by atoms with Crippen LogP contribution in [0.3, 0.4) is 0 Å². The Kier molecular flexibility index (Phi) is 5.64. The molecule has 0 spiro atoms. The molecule has 0 aliphatic carbocycles. The molecule has 0 aliphatic heterocycles. The summed E-state index contributed by atoms with van der Waals surface area (Å²) in [7, 11) is 2.97. The minimum Gasteiger partial charge on any atom is -0.364 e. The van der Waals surface area contributed by atoms with Gasteiger partial charge in [-0.15, -0.1) is 0 Å². The summed E-state index contributed by atoms with van der Waals surface area (Å²) in [6, 6.07) is 0. The number of amides is 2. The van der Waals surface area contributed by atoms with Crippen molar-refractivity contribution in [3.63, 3.8) is 0 Å². The van der Waals surface area contributed by atoms with Gasteiger partial charge in [-0.25, -0.2) is 0 Å². The predicted octanol–water partition coefficient (Wildman–Crippen LogP) is -0.692. The highest BCUT2D eigenvalue weighted by Crippen LogP contribution is 1.84. The molecule has 0 aromatic carbocycles. The van der Waals surface area contributed by atoms with Crippen LogP contribution in [0.25, 0.3) is 0 Å². The van der Waals surface area contributed by atoms with Crippen LogP contribution in [0.15, 0.2) is 12.3 Å². The van der Waals surface area contributed by atoms with Gasteiger partial charge in [-0.05, 0) is 0 Å². The number of ether oxygens (including phenoxy) is 1. The Morgan fingerprint density at radius 2 is 2.33 bits per heavy atom. The lowest BCUT2D eigenvalue weighted by atomic mass is 10.5. The van der Waals surface area contributed by atoms with Crippen molar-refractivity contribution in [2.45, 2.75) is 0 Å². The van der Waals surface area contributed by atoms with E-state index in [4.69, 9.17) is 0 Å². The normalized spacial score (nSPS) is 9.83. The van der Waals surface area contributed by atoms with Crippen molar-refractivity contribution in [2.75, 3.05) is 20.9 Å². The van der Waals surface area contributed by atoms with Crippen LogP contribution in [0.2, 0.25) is 0 Å². The van der Waals surface area contributed by atoms with Crippen LogP contribution in [-0.2, 0) is 14.3 Å². The van der Waals surface area contributed by atoms with Crippen LogP contribution in [0.4, 0.5) is 0 Å². The summed E-state index contributed by atoms with van der Waals surface area (Å²) in [4.78, 5) is 22.1. The zero-order valence-electron chi connectivity index (χ0n) is 7.11. The first-order valence-electron chi connectivity index (χ1n) is 3.34. The Morgan fingerprint density at radius 3 is 2.75 bits per heavy atom. The number of rotatable bonds is 5. The van der Waals surface area contributed by atoms with Crippen LogP contribution in [0, 0.1) is 0 Å². The smallest absolute Gasteiger partial charge is 0.245 e. The first-order valence-corrected chi connectivity index (χ1v) is 3.34. The topological polar surface area (TPSA) is 58.6 Å². The maximum Gasteiger partial charge on any atom is 0.245 e. The molecular weight excluding hydrogens is 160 g/mol. The van der Waals surface area contributed by atoms with Crippen LogP contribution < -0.4 is 5.32 Å². The standard InChI is InChI=1S/C7H12N2O3/c1-8-7(11)3-4-9(5-10)6-12-2/h3-5H,6H2,1-2H3,(H,8,11)/b4-3-. The molecule has 0 heterocycles.